The first-order valence-electron chi connectivity index (χ1n) is 7.15. The Balaban J connectivity index is 0. The van der Waals surface area contributed by atoms with Gasteiger partial charge in [-0.25, -0.2) is 0 Å². The van der Waals surface area contributed by atoms with Gasteiger partial charge in [0.05, 0.1) is 0 Å². The molecule has 0 heterocycles. The van der Waals surface area contributed by atoms with Crippen LogP contribution in [0.4, 0.5) is 0 Å². The van der Waals surface area contributed by atoms with Crippen molar-refractivity contribution in [3.05, 3.63) is 60.7 Å². The summed E-state index contributed by atoms with van der Waals surface area (Å²) in [6, 6.07) is 20.1. The fourth-order valence-electron chi connectivity index (χ4n) is 1.24. The summed E-state index contributed by atoms with van der Waals surface area (Å²) in [6.45, 7) is 2.29. The summed E-state index contributed by atoms with van der Waals surface area (Å²) in [4.78, 5) is 4.36. The van der Waals surface area contributed by atoms with E-state index < -0.39 is 0 Å². The van der Waals surface area contributed by atoms with Crippen molar-refractivity contribution < 1.29 is 27.3 Å². The summed E-state index contributed by atoms with van der Waals surface area (Å²) < 4.78 is 2.39. The molecule has 0 aliphatic rings. The molecule has 5 heteroatoms. The first-order valence-corrected chi connectivity index (χ1v) is 8.86. The van der Waals surface area contributed by atoms with Crippen molar-refractivity contribution in [1.29, 1.82) is 0 Å². The van der Waals surface area contributed by atoms with Crippen LogP contribution in [0.25, 0.3) is 0 Å². The van der Waals surface area contributed by atoms with Crippen molar-refractivity contribution in [3.8, 4) is 0 Å². The minimum atomic E-state index is 0. The first kappa shape index (κ1) is 25.6. The Hall–Kier alpha value is 0.321. The third-order valence-corrected chi connectivity index (χ3v) is 3.62. The second-order valence-electron chi connectivity index (χ2n) is 5.23. The van der Waals surface area contributed by atoms with Gasteiger partial charge in [-0.15, -0.1) is 0 Å². The molecule has 0 aromatic heterocycles. The molecule has 0 bridgehead atoms. The van der Waals surface area contributed by atoms with E-state index in [9.17, 15) is 0 Å². The molecule has 0 aliphatic heterocycles. The van der Waals surface area contributed by atoms with Crippen molar-refractivity contribution in [1.82, 2.24) is 9.80 Å². The van der Waals surface area contributed by atoms with Crippen LogP contribution in [0, 0.1) is 0 Å². The molecule has 0 fully saturated rings. The summed E-state index contributed by atoms with van der Waals surface area (Å²) in [5.74, 6) is 0. The molecule has 2 aromatic carbocycles. The van der Waals surface area contributed by atoms with Gasteiger partial charge in [-0.2, -0.15) is 0 Å². The van der Waals surface area contributed by atoms with Crippen LogP contribution >= 0.6 is 0 Å². The zero-order valence-corrected chi connectivity index (χ0v) is 22.1. The zero-order chi connectivity index (χ0) is 16.8. The van der Waals surface area contributed by atoms with Gasteiger partial charge in [-0.05, 0) is 28.2 Å². The molecule has 2 aromatic rings. The van der Waals surface area contributed by atoms with Crippen molar-refractivity contribution >= 4 is 40.9 Å². The van der Waals surface area contributed by atoms with Crippen LogP contribution in [0.1, 0.15) is 0 Å². The molecule has 0 radical (unpaired) electrons. The minimum absolute atomic E-state index is 0. The molecule has 122 valence electrons. The van der Waals surface area contributed by atoms with Gasteiger partial charge in [0.25, 0.3) is 0 Å². The molecule has 0 spiro atoms. The molecular formula is C18H26CdN2Se2. The van der Waals surface area contributed by atoms with Crippen molar-refractivity contribution in [2.45, 2.75) is 0 Å². The van der Waals surface area contributed by atoms with Crippen LogP contribution in [-0.2, 0) is 27.3 Å². The van der Waals surface area contributed by atoms with Gasteiger partial charge < -0.3 is 9.80 Å². The molecule has 0 atom stereocenters. The fraction of sp³-hybridized carbons (Fsp3) is 0.333. The Morgan fingerprint density at radius 3 is 1.00 bits per heavy atom. The number of rotatable bonds is 3. The van der Waals surface area contributed by atoms with E-state index in [0.717, 1.165) is 13.1 Å². The van der Waals surface area contributed by atoms with Gasteiger partial charge in [-0.3, -0.25) is 0 Å². The van der Waals surface area contributed by atoms with E-state index in [1.807, 2.05) is 60.7 Å². The summed E-state index contributed by atoms with van der Waals surface area (Å²) in [5.41, 5.74) is 0. The maximum absolute atomic E-state index is 2.90. The van der Waals surface area contributed by atoms with Gasteiger partial charge in [0, 0.05) is 13.1 Å². The monoisotopic (exact) mass is 544 g/mol. The Morgan fingerprint density at radius 2 is 0.870 bits per heavy atom. The normalized spacial score (nSPS) is 9.13. The fourth-order valence-corrected chi connectivity index (χ4v) is 1.90. The van der Waals surface area contributed by atoms with Crippen molar-refractivity contribution in [2.75, 3.05) is 41.3 Å². The second-order valence-corrected chi connectivity index (χ2v) is 7.21. The Labute approximate surface area is 178 Å². The van der Waals surface area contributed by atoms with Crippen LogP contribution in [0.5, 0.6) is 0 Å². The molecule has 2 nitrogen and oxygen atoms in total. The number of hydrogen-bond donors (Lipinski definition) is 0. The average molecular weight is 541 g/mol. The second kappa shape index (κ2) is 17.2. The third kappa shape index (κ3) is 20.3. The topological polar surface area (TPSA) is 6.48 Å². The van der Waals surface area contributed by atoms with Gasteiger partial charge >= 0.3 is 129 Å². The van der Waals surface area contributed by atoms with E-state index in [0.29, 0.717) is 0 Å². The standard InChI is InChI=1S/C6H16N2.2C6H6Se.Cd/c1-7(2)5-6-8(3)4;2*7-6-4-2-1-3-5-6;/h5-6H2,1-4H3;2*1-5,7H;/q;;;+2/p-2. The van der Waals surface area contributed by atoms with Gasteiger partial charge in [0.1, 0.15) is 0 Å². The number of hydrogen-bond acceptors (Lipinski definition) is 2. The summed E-state index contributed by atoms with van der Waals surface area (Å²) in [7, 11) is 8.35. The molecule has 0 aliphatic carbocycles. The van der Waals surface area contributed by atoms with Crippen LogP contribution in [0.15, 0.2) is 60.7 Å². The average Bonchev–Trinajstić information content (AvgIpc) is 2.48. The molecular weight excluding hydrogens is 515 g/mol. The number of nitrogens with zero attached hydrogens (tertiary/aromatic N) is 2. The summed E-state index contributed by atoms with van der Waals surface area (Å²) >= 11 is 5.80. The van der Waals surface area contributed by atoms with Gasteiger partial charge in [0.2, 0.25) is 0 Å². The Bertz CT molecular complexity index is 419. The van der Waals surface area contributed by atoms with Gasteiger partial charge in [-0.1, -0.05) is 0 Å². The van der Waals surface area contributed by atoms with Crippen molar-refractivity contribution in [3.63, 3.8) is 0 Å². The van der Waals surface area contributed by atoms with Crippen LogP contribution < -0.4 is 8.92 Å². The molecule has 0 saturated heterocycles. The van der Waals surface area contributed by atoms with E-state index in [-0.39, 0.29) is 27.3 Å². The van der Waals surface area contributed by atoms with Gasteiger partial charge in [0.15, 0.2) is 0 Å². The van der Waals surface area contributed by atoms with Crippen LogP contribution in [0.3, 0.4) is 0 Å². The van der Waals surface area contributed by atoms with E-state index in [1.165, 1.54) is 8.92 Å². The summed E-state index contributed by atoms with van der Waals surface area (Å²) in [5, 5.41) is 0. The zero-order valence-electron chi connectivity index (χ0n) is 14.6. The maximum atomic E-state index is 2.90. The van der Waals surface area contributed by atoms with E-state index in [2.05, 4.69) is 70.0 Å². The molecule has 0 N–H and O–H groups in total. The molecule has 0 amide bonds. The summed E-state index contributed by atoms with van der Waals surface area (Å²) in [6.07, 6.45) is 0. The molecule has 23 heavy (non-hydrogen) atoms. The Kier molecular flexibility index (Phi) is 19.1. The molecule has 2 rings (SSSR count). The SMILES string of the molecule is CN(C)CCN(C)C.[Cd+2].[Se-]c1ccccc1.[Se-]c1ccccc1. The van der Waals surface area contributed by atoms with E-state index in [1.54, 1.807) is 0 Å². The third-order valence-electron chi connectivity index (χ3n) is 2.48. The van der Waals surface area contributed by atoms with Crippen LogP contribution in [0.2, 0.25) is 0 Å². The number of benzene rings is 2. The van der Waals surface area contributed by atoms with Crippen molar-refractivity contribution in [2.24, 2.45) is 0 Å². The Morgan fingerprint density at radius 1 is 0.609 bits per heavy atom. The van der Waals surface area contributed by atoms with Crippen LogP contribution in [-0.4, -0.2) is 83.1 Å². The van der Waals surface area contributed by atoms with E-state index in [4.69, 9.17) is 0 Å². The molecule has 0 saturated carbocycles. The number of likely N-dealkylation sites (N-methyl/N-ethyl adjacent to an activating group) is 2. The quantitative estimate of drug-likeness (QED) is 0.538. The van der Waals surface area contributed by atoms with E-state index >= 15 is 0 Å². The predicted molar refractivity (Wildman–Crippen MR) is 101 cm³/mol. The molecule has 0 unspecified atom stereocenters. The predicted octanol–water partition coefficient (Wildman–Crippen LogP) is 1.07. The first-order chi connectivity index (χ1) is 10.4.